The van der Waals surface area contributed by atoms with E-state index < -0.39 is 11.7 Å². The molecule has 0 aromatic carbocycles. The van der Waals surface area contributed by atoms with E-state index in [4.69, 9.17) is 4.74 Å². The molecule has 0 bridgehead atoms. The van der Waals surface area contributed by atoms with Gasteiger partial charge in [0.05, 0.1) is 11.7 Å². The number of carbonyl (C=O) groups is 1. The fourth-order valence-corrected chi connectivity index (χ4v) is 2.53. The standard InChI is InChI=1S/C20H32O4/c1-15(9-6-10-17-13-19(22)24-14-17)7-5-8-16(2)11-12-18(21)20(3,4)23/h8-9,13,18,21,23H,5-7,10-12,14H2,1-4H3/b15-9+,16-8+. The van der Waals surface area contributed by atoms with Crippen LogP contribution in [0.25, 0.3) is 0 Å². The Kier molecular flexibility index (Phi) is 8.43. The molecule has 1 atom stereocenters. The van der Waals surface area contributed by atoms with Crippen molar-refractivity contribution < 1.29 is 19.7 Å². The first-order valence-corrected chi connectivity index (χ1v) is 8.76. The van der Waals surface area contributed by atoms with Crippen molar-refractivity contribution in [3.8, 4) is 0 Å². The Hall–Kier alpha value is -1.39. The number of aliphatic hydroxyl groups is 2. The third-order valence-corrected chi connectivity index (χ3v) is 4.34. The lowest BCUT2D eigenvalue weighted by Crippen LogP contribution is -2.35. The predicted molar refractivity (Wildman–Crippen MR) is 96.6 cm³/mol. The lowest BCUT2D eigenvalue weighted by atomic mass is 9.95. The topological polar surface area (TPSA) is 66.8 Å². The molecule has 0 radical (unpaired) electrons. The van der Waals surface area contributed by atoms with Crippen molar-refractivity contribution in [1.29, 1.82) is 0 Å². The minimum absolute atomic E-state index is 0.221. The highest BCUT2D eigenvalue weighted by molar-refractivity contribution is 5.85. The predicted octanol–water partition coefficient (Wildman–Crippen LogP) is 3.83. The third kappa shape index (κ3) is 8.46. The molecule has 0 spiro atoms. The lowest BCUT2D eigenvalue weighted by molar-refractivity contribution is -0.134. The first-order valence-electron chi connectivity index (χ1n) is 8.76. The number of aliphatic hydroxyl groups excluding tert-OH is 1. The molecular weight excluding hydrogens is 304 g/mol. The van der Waals surface area contributed by atoms with E-state index in [1.165, 1.54) is 11.1 Å². The van der Waals surface area contributed by atoms with Gasteiger partial charge in [0, 0.05) is 6.08 Å². The fourth-order valence-electron chi connectivity index (χ4n) is 2.53. The smallest absolute Gasteiger partial charge is 0.331 e. The van der Waals surface area contributed by atoms with Crippen molar-refractivity contribution >= 4 is 5.97 Å². The molecule has 0 saturated carbocycles. The molecule has 0 fully saturated rings. The molecule has 0 aromatic rings. The summed E-state index contributed by atoms with van der Waals surface area (Å²) in [5.74, 6) is -0.221. The van der Waals surface area contributed by atoms with Gasteiger partial charge < -0.3 is 14.9 Å². The number of esters is 1. The Morgan fingerprint density at radius 3 is 2.46 bits per heavy atom. The Morgan fingerprint density at radius 2 is 1.88 bits per heavy atom. The van der Waals surface area contributed by atoms with Gasteiger partial charge in [-0.1, -0.05) is 23.3 Å². The van der Waals surface area contributed by atoms with Crippen molar-refractivity contribution in [3.05, 3.63) is 34.9 Å². The summed E-state index contributed by atoms with van der Waals surface area (Å²) in [7, 11) is 0. The van der Waals surface area contributed by atoms with Crippen molar-refractivity contribution in [2.75, 3.05) is 6.61 Å². The van der Waals surface area contributed by atoms with Crippen LogP contribution in [0.3, 0.4) is 0 Å². The largest absolute Gasteiger partial charge is 0.458 e. The number of carbonyl (C=O) groups excluding carboxylic acids is 1. The molecule has 0 amide bonds. The summed E-state index contributed by atoms with van der Waals surface area (Å²) in [6.45, 7) is 7.92. The second-order valence-corrected chi connectivity index (χ2v) is 7.30. The number of rotatable bonds is 10. The van der Waals surface area contributed by atoms with Gasteiger partial charge in [-0.3, -0.25) is 0 Å². The lowest BCUT2D eigenvalue weighted by Gasteiger charge is -2.24. The Bertz CT molecular complexity index is 506. The summed E-state index contributed by atoms with van der Waals surface area (Å²) in [4.78, 5) is 11.0. The van der Waals surface area contributed by atoms with E-state index in [0.29, 0.717) is 13.0 Å². The molecule has 1 unspecified atom stereocenters. The number of cyclic esters (lactones) is 1. The van der Waals surface area contributed by atoms with Gasteiger partial charge in [-0.15, -0.1) is 0 Å². The van der Waals surface area contributed by atoms with Gasteiger partial charge in [0.1, 0.15) is 6.61 Å². The molecule has 1 aliphatic heterocycles. The van der Waals surface area contributed by atoms with Crippen LogP contribution in [-0.4, -0.2) is 34.5 Å². The molecular formula is C20H32O4. The summed E-state index contributed by atoms with van der Waals surface area (Å²) in [5, 5.41) is 19.5. The number of hydrogen-bond acceptors (Lipinski definition) is 4. The van der Waals surface area contributed by atoms with Gasteiger partial charge in [0.25, 0.3) is 0 Å². The van der Waals surface area contributed by atoms with Crippen molar-refractivity contribution in [1.82, 2.24) is 0 Å². The number of ether oxygens (including phenoxy) is 1. The second kappa shape index (κ2) is 9.80. The molecule has 4 nitrogen and oxygen atoms in total. The summed E-state index contributed by atoms with van der Waals surface area (Å²) in [5.41, 5.74) is 2.63. The van der Waals surface area contributed by atoms with Gasteiger partial charge in [0.15, 0.2) is 0 Å². The first kappa shape index (κ1) is 20.7. The molecule has 0 aromatic heterocycles. The molecule has 1 aliphatic rings. The average Bonchev–Trinajstić information content (AvgIpc) is 2.89. The van der Waals surface area contributed by atoms with Crippen LogP contribution in [0.5, 0.6) is 0 Å². The molecule has 2 N–H and O–H groups in total. The van der Waals surface area contributed by atoms with E-state index >= 15 is 0 Å². The first-order chi connectivity index (χ1) is 11.2. The van der Waals surface area contributed by atoms with Gasteiger partial charge in [-0.2, -0.15) is 0 Å². The van der Waals surface area contributed by atoms with Crippen LogP contribution in [0.2, 0.25) is 0 Å². The van der Waals surface area contributed by atoms with Crippen LogP contribution in [0.4, 0.5) is 0 Å². The van der Waals surface area contributed by atoms with Gasteiger partial charge >= 0.3 is 5.97 Å². The Labute approximate surface area is 145 Å². The Morgan fingerprint density at radius 1 is 1.25 bits per heavy atom. The van der Waals surface area contributed by atoms with Crippen LogP contribution < -0.4 is 0 Å². The van der Waals surface area contributed by atoms with Gasteiger partial charge in [0.2, 0.25) is 0 Å². The van der Waals surface area contributed by atoms with Crippen molar-refractivity contribution in [3.63, 3.8) is 0 Å². The maximum absolute atomic E-state index is 11.0. The second-order valence-electron chi connectivity index (χ2n) is 7.30. The fraction of sp³-hybridized carbons (Fsp3) is 0.650. The number of hydrogen-bond donors (Lipinski definition) is 2. The highest BCUT2D eigenvalue weighted by Crippen LogP contribution is 2.18. The zero-order valence-corrected chi connectivity index (χ0v) is 15.5. The van der Waals surface area contributed by atoms with Crippen LogP contribution in [0, 0.1) is 0 Å². The molecule has 136 valence electrons. The number of allylic oxidation sites excluding steroid dienone is 4. The maximum atomic E-state index is 11.0. The average molecular weight is 336 g/mol. The van der Waals surface area contributed by atoms with Crippen molar-refractivity contribution in [2.24, 2.45) is 0 Å². The summed E-state index contributed by atoms with van der Waals surface area (Å²) < 4.78 is 4.88. The quantitative estimate of drug-likeness (QED) is 0.470. The molecule has 4 heteroatoms. The van der Waals surface area contributed by atoms with Gasteiger partial charge in [-0.05, 0) is 71.8 Å². The maximum Gasteiger partial charge on any atom is 0.331 e. The van der Waals surface area contributed by atoms with E-state index in [0.717, 1.165) is 37.7 Å². The van der Waals surface area contributed by atoms with E-state index in [-0.39, 0.29) is 5.97 Å². The molecule has 1 heterocycles. The van der Waals surface area contributed by atoms with Crippen LogP contribution >= 0.6 is 0 Å². The van der Waals surface area contributed by atoms with Gasteiger partial charge in [-0.25, -0.2) is 4.79 Å². The van der Waals surface area contributed by atoms with E-state index in [1.807, 2.05) is 0 Å². The highest BCUT2D eigenvalue weighted by Gasteiger charge is 2.23. The van der Waals surface area contributed by atoms with E-state index in [2.05, 4.69) is 26.0 Å². The monoisotopic (exact) mass is 336 g/mol. The Balaban J connectivity index is 2.23. The third-order valence-electron chi connectivity index (χ3n) is 4.34. The van der Waals surface area contributed by atoms with Crippen LogP contribution in [-0.2, 0) is 9.53 Å². The molecule has 24 heavy (non-hydrogen) atoms. The highest BCUT2D eigenvalue weighted by atomic mass is 16.5. The van der Waals surface area contributed by atoms with Crippen LogP contribution in [0.15, 0.2) is 34.9 Å². The molecule has 1 rings (SSSR count). The SMILES string of the molecule is C/C(=C\CCC1=CC(=O)OC1)CC/C=C(\C)CCC(O)C(C)(C)O. The van der Waals surface area contributed by atoms with Crippen LogP contribution in [0.1, 0.15) is 66.2 Å². The minimum atomic E-state index is -1.04. The summed E-state index contributed by atoms with van der Waals surface area (Å²) in [6, 6.07) is 0. The minimum Gasteiger partial charge on any atom is -0.458 e. The van der Waals surface area contributed by atoms with E-state index in [9.17, 15) is 15.0 Å². The normalized spacial score (nSPS) is 17.8. The zero-order chi connectivity index (χ0) is 18.2. The summed E-state index contributed by atoms with van der Waals surface area (Å²) >= 11 is 0. The van der Waals surface area contributed by atoms with Crippen molar-refractivity contribution in [2.45, 2.75) is 77.9 Å². The van der Waals surface area contributed by atoms with E-state index in [1.54, 1.807) is 19.9 Å². The summed E-state index contributed by atoms with van der Waals surface area (Å²) in [6.07, 6.45) is 10.5. The zero-order valence-electron chi connectivity index (χ0n) is 15.5. The molecule has 0 aliphatic carbocycles. The molecule has 0 saturated heterocycles.